The van der Waals surface area contributed by atoms with Gasteiger partial charge < -0.3 is 4.74 Å². The number of benzene rings is 2. The standard InChI is InChI=1S/C21H21N3O2S2/c1-15(2)26-18-12-10-17(11-13-18)19(25)22-20-23-24-21(28-20)27-14-6-9-16-7-4-3-5-8-16/h3-13,15H,14H2,1-2H3,(H,22,23,25)/b9-6+. The molecule has 0 bridgehead atoms. The first-order valence-corrected chi connectivity index (χ1v) is 10.7. The monoisotopic (exact) mass is 411 g/mol. The highest BCUT2D eigenvalue weighted by atomic mass is 32.2. The first kappa shape index (κ1) is 20.1. The molecule has 1 amide bonds. The third kappa shape index (κ3) is 6.21. The number of nitrogens with zero attached hydrogens (tertiary/aromatic N) is 2. The van der Waals surface area contributed by atoms with Crippen LogP contribution in [-0.2, 0) is 0 Å². The van der Waals surface area contributed by atoms with E-state index >= 15 is 0 Å². The van der Waals surface area contributed by atoms with E-state index < -0.39 is 0 Å². The first-order valence-electron chi connectivity index (χ1n) is 8.86. The Labute approximate surface area is 172 Å². The van der Waals surface area contributed by atoms with E-state index in [0.29, 0.717) is 10.7 Å². The molecular weight excluding hydrogens is 390 g/mol. The van der Waals surface area contributed by atoms with Gasteiger partial charge in [0.25, 0.3) is 5.91 Å². The molecule has 144 valence electrons. The molecule has 5 nitrogen and oxygen atoms in total. The Bertz CT molecular complexity index is 922. The molecule has 0 unspecified atom stereocenters. The summed E-state index contributed by atoms with van der Waals surface area (Å²) in [6, 6.07) is 17.2. The minimum Gasteiger partial charge on any atom is -0.491 e. The van der Waals surface area contributed by atoms with Crippen LogP contribution in [0.5, 0.6) is 5.75 Å². The van der Waals surface area contributed by atoms with Crippen LogP contribution in [0.4, 0.5) is 5.13 Å². The van der Waals surface area contributed by atoms with Crippen LogP contribution in [0.1, 0.15) is 29.8 Å². The van der Waals surface area contributed by atoms with Gasteiger partial charge in [0.05, 0.1) is 6.10 Å². The van der Waals surface area contributed by atoms with E-state index in [4.69, 9.17) is 4.74 Å². The molecule has 0 aliphatic rings. The molecule has 3 aromatic rings. The van der Waals surface area contributed by atoms with Crippen molar-refractivity contribution in [2.75, 3.05) is 11.1 Å². The number of carbonyl (C=O) groups excluding carboxylic acids is 1. The molecule has 0 fully saturated rings. The van der Waals surface area contributed by atoms with E-state index in [-0.39, 0.29) is 12.0 Å². The Kier molecular flexibility index (Phi) is 7.22. The average Bonchev–Trinajstić information content (AvgIpc) is 3.13. The zero-order chi connectivity index (χ0) is 19.8. The van der Waals surface area contributed by atoms with E-state index in [9.17, 15) is 4.79 Å². The maximum Gasteiger partial charge on any atom is 0.257 e. The van der Waals surface area contributed by atoms with Gasteiger partial charge in [-0.2, -0.15) is 0 Å². The van der Waals surface area contributed by atoms with Gasteiger partial charge in [-0.25, -0.2) is 0 Å². The molecule has 3 rings (SSSR count). The zero-order valence-electron chi connectivity index (χ0n) is 15.7. The highest BCUT2D eigenvalue weighted by Gasteiger charge is 2.11. The Morgan fingerprint density at radius 3 is 2.61 bits per heavy atom. The predicted molar refractivity (Wildman–Crippen MR) is 116 cm³/mol. The molecule has 0 spiro atoms. The first-order chi connectivity index (χ1) is 13.6. The van der Waals surface area contributed by atoms with E-state index in [1.54, 1.807) is 36.0 Å². The minimum absolute atomic E-state index is 0.0968. The minimum atomic E-state index is -0.215. The Balaban J connectivity index is 1.49. The summed E-state index contributed by atoms with van der Waals surface area (Å²) in [6.07, 6.45) is 4.25. The molecule has 0 radical (unpaired) electrons. The summed E-state index contributed by atoms with van der Waals surface area (Å²) >= 11 is 2.95. The molecule has 1 heterocycles. The van der Waals surface area contributed by atoms with Gasteiger partial charge in [0.15, 0.2) is 4.34 Å². The second-order valence-electron chi connectivity index (χ2n) is 6.14. The SMILES string of the molecule is CC(C)Oc1ccc(C(=O)Nc2nnc(SC/C=C/c3ccccc3)s2)cc1. The van der Waals surface area contributed by atoms with E-state index in [1.807, 2.05) is 32.0 Å². The fourth-order valence-electron chi connectivity index (χ4n) is 2.31. The van der Waals surface area contributed by atoms with Gasteiger partial charge in [-0.05, 0) is 43.7 Å². The second-order valence-corrected chi connectivity index (χ2v) is 8.39. The number of rotatable bonds is 8. The van der Waals surface area contributed by atoms with Crippen LogP contribution in [0.25, 0.3) is 6.08 Å². The van der Waals surface area contributed by atoms with Crippen molar-refractivity contribution in [2.24, 2.45) is 0 Å². The van der Waals surface area contributed by atoms with Gasteiger partial charge in [-0.3, -0.25) is 10.1 Å². The molecule has 1 N–H and O–H groups in total. The lowest BCUT2D eigenvalue weighted by Crippen LogP contribution is -2.12. The number of anilines is 1. The van der Waals surface area contributed by atoms with Gasteiger partial charge in [-0.1, -0.05) is 65.6 Å². The van der Waals surface area contributed by atoms with Crippen molar-refractivity contribution in [3.63, 3.8) is 0 Å². The normalized spacial score (nSPS) is 11.1. The van der Waals surface area contributed by atoms with Crippen LogP contribution < -0.4 is 10.1 Å². The Morgan fingerprint density at radius 2 is 1.89 bits per heavy atom. The fourth-order valence-corrected chi connectivity index (χ4v) is 3.90. The molecule has 0 aliphatic carbocycles. The van der Waals surface area contributed by atoms with Gasteiger partial charge in [-0.15, -0.1) is 10.2 Å². The van der Waals surface area contributed by atoms with Gasteiger partial charge >= 0.3 is 0 Å². The van der Waals surface area contributed by atoms with E-state index in [1.165, 1.54) is 11.3 Å². The molecule has 0 saturated heterocycles. The zero-order valence-corrected chi connectivity index (χ0v) is 17.3. The lowest BCUT2D eigenvalue weighted by molar-refractivity contribution is 0.102. The largest absolute Gasteiger partial charge is 0.491 e. The molecule has 2 aromatic carbocycles. The number of amides is 1. The third-order valence-electron chi connectivity index (χ3n) is 3.53. The Morgan fingerprint density at radius 1 is 1.14 bits per heavy atom. The number of ether oxygens (including phenoxy) is 1. The van der Waals surface area contributed by atoms with Crippen molar-refractivity contribution < 1.29 is 9.53 Å². The van der Waals surface area contributed by atoms with E-state index in [0.717, 1.165) is 21.4 Å². The van der Waals surface area contributed by atoms with Crippen LogP contribution in [0.15, 0.2) is 65.0 Å². The summed E-state index contributed by atoms with van der Waals surface area (Å²) in [6.45, 7) is 3.92. The topological polar surface area (TPSA) is 64.1 Å². The van der Waals surface area contributed by atoms with Crippen LogP contribution in [-0.4, -0.2) is 28.0 Å². The lowest BCUT2D eigenvalue weighted by Gasteiger charge is -2.09. The Hall–Kier alpha value is -2.64. The predicted octanol–water partition coefficient (Wildman–Crippen LogP) is 5.38. The van der Waals surface area contributed by atoms with Gasteiger partial charge in [0, 0.05) is 11.3 Å². The molecule has 0 saturated carbocycles. The molecule has 0 aliphatic heterocycles. The van der Waals surface area contributed by atoms with Crippen LogP contribution in [0.3, 0.4) is 0 Å². The third-order valence-corrected chi connectivity index (χ3v) is 5.45. The van der Waals surface area contributed by atoms with Crippen LogP contribution in [0, 0.1) is 0 Å². The summed E-state index contributed by atoms with van der Waals surface area (Å²) in [5.41, 5.74) is 1.71. The highest BCUT2D eigenvalue weighted by Crippen LogP contribution is 2.26. The number of aromatic nitrogens is 2. The van der Waals surface area contributed by atoms with Crippen molar-refractivity contribution in [3.8, 4) is 5.75 Å². The number of hydrogen-bond donors (Lipinski definition) is 1. The number of thioether (sulfide) groups is 1. The smallest absolute Gasteiger partial charge is 0.257 e. The summed E-state index contributed by atoms with van der Waals surface area (Å²) in [5, 5.41) is 11.4. The maximum absolute atomic E-state index is 12.3. The molecule has 7 heteroatoms. The molecular formula is C21H21N3O2S2. The van der Waals surface area contributed by atoms with E-state index in [2.05, 4.69) is 39.8 Å². The number of carbonyl (C=O) groups is 1. The summed E-state index contributed by atoms with van der Waals surface area (Å²) < 4.78 is 6.40. The molecule has 1 aromatic heterocycles. The van der Waals surface area contributed by atoms with Crippen molar-refractivity contribution in [1.29, 1.82) is 0 Å². The highest BCUT2D eigenvalue weighted by molar-refractivity contribution is 8.01. The summed E-state index contributed by atoms with van der Waals surface area (Å²) in [5.74, 6) is 1.31. The molecule has 28 heavy (non-hydrogen) atoms. The quantitative estimate of drug-likeness (QED) is 0.398. The fraction of sp³-hybridized carbons (Fsp3) is 0.190. The summed E-state index contributed by atoms with van der Waals surface area (Å²) in [4.78, 5) is 12.3. The van der Waals surface area contributed by atoms with Crippen molar-refractivity contribution >= 4 is 40.2 Å². The van der Waals surface area contributed by atoms with Gasteiger partial charge in [0.1, 0.15) is 5.75 Å². The number of hydrogen-bond acceptors (Lipinski definition) is 6. The molecule has 0 atom stereocenters. The lowest BCUT2D eigenvalue weighted by atomic mass is 10.2. The van der Waals surface area contributed by atoms with Crippen LogP contribution >= 0.6 is 23.1 Å². The van der Waals surface area contributed by atoms with Crippen molar-refractivity contribution in [1.82, 2.24) is 10.2 Å². The average molecular weight is 412 g/mol. The van der Waals surface area contributed by atoms with Crippen molar-refractivity contribution in [3.05, 3.63) is 71.8 Å². The second kappa shape index (κ2) is 10.1. The maximum atomic E-state index is 12.3. The van der Waals surface area contributed by atoms with Crippen molar-refractivity contribution in [2.45, 2.75) is 24.3 Å². The summed E-state index contributed by atoms with van der Waals surface area (Å²) in [7, 11) is 0. The van der Waals surface area contributed by atoms with Gasteiger partial charge in [0.2, 0.25) is 5.13 Å². The number of nitrogens with one attached hydrogen (secondary N) is 1. The van der Waals surface area contributed by atoms with Crippen LogP contribution in [0.2, 0.25) is 0 Å².